The number of rotatable bonds is 7. The molecule has 2 N–H and O–H groups in total. The number of amides is 5. The lowest BCUT2D eigenvalue weighted by atomic mass is 10.0. The van der Waals surface area contributed by atoms with Gasteiger partial charge < -0.3 is 14.8 Å². The summed E-state index contributed by atoms with van der Waals surface area (Å²) in [6.45, 7) is 3.44. The van der Waals surface area contributed by atoms with Gasteiger partial charge in [-0.05, 0) is 79.1 Å². The van der Waals surface area contributed by atoms with Gasteiger partial charge in [0.2, 0.25) is 0 Å². The van der Waals surface area contributed by atoms with Gasteiger partial charge in [-0.3, -0.25) is 19.7 Å². The summed E-state index contributed by atoms with van der Waals surface area (Å²) in [5, 5.41) is 5.52. The first-order valence-electron chi connectivity index (χ1n) is 11.6. The number of benzene rings is 3. The Morgan fingerprint density at radius 1 is 0.949 bits per heavy atom. The predicted octanol–water partition coefficient (Wildman–Crippen LogP) is 5.30. The number of hydrogen-bond acceptors (Lipinski definition) is 6. The van der Waals surface area contributed by atoms with Crippen molar-refractivity contribution in [3.8, 4) is 11.5 Å². The van der Waals surface area contributed by atoms with Crippen LogP contribution in [0, 0.1) is 13.8 Å². The van der Waals surface area contributed by atoms with E-state index in [-0.39, 0.29) is 23.7 Å². The van der Waals surface area contributed by atoms with Gasteiger partial charge in [-0.1, -0.05) is 35.3 Å². The molecule has 5 amide bonds. The number of methoxy groups -OCH3 is 1. The predicted molar refractivity (Wildman–Crippen MR) is 148 cm³/mol. The van der Waals surface area contributed by atoms with Crippen LogP contribution in [-0.2, 0) is 14.4 Å². The average Bonchev–Trinajstić information content (AvgIpc) is 2.89. The Hall–Kier alpha value is -4.34. The highest BCUT2D eigenvalue weighted by Crippen LogP contribution is 2.30. The maximum atomic E-state index is 13.2. The van der Waals surface area contributed by atoms with Gasteiger partial charge in [-0.25, -0.2) is 9.69 Å². The lowest BCUT2D eigenvalue weighted by molar-refractivity contribution is -0.122. The maximum Gasteiger partial charge on any atom is 0.335 e. The molecule has 1 aliphatic rings. The van der Waals surface area contributed by atoms with E-state index in [1.54, 1.807) is 36.4 Å². The van der Waals surface area contributed by atoms with Crippen molar-refractivity contribution >= 4 is 64.4 Å². The van der Waals surface area contributed by atoms with Crippen LogP contribution >= 0.6 is 23.2 Å². The first-order chi connectivity index (χ1) is 18.6. The number of halogens is 2. The molecule has 9 nitrogen and oxygen atoms in total. The smallest absolute Gasteiger partial charge is 0.335 e. The van der Waals surface area contributed by atoms with E-state index >= 15 is 0 Å². The highest BCUT2D eigenvalue weighted by Gasteiger charge is 2.37. The SMILES string of the molecule is COc1cc(/C=C2/C(=O)NC(=O)N(c3ccc(C)c(C)c3)C2=O)ccc1OCC(=O)Nc1ccc(Cl)c(Cl)c1. The molecule has 200 valence electrons. The lowest BCUT2D eigenvalue weighted by Crippen LogP contribution is -2.54. The Balaban J connectivity index is 1.51. The van der Waals surface area contributed by atoms with Crippen molar-refractivity contribution in [1.82, 2.24) is 5.32 Å². The number of ether oxygens (including phenoxy) is 2. The summed E-state index contributed by atoms with van der Waals surface area (Å²) >= 11 is 11.9. The molecule has 0 bridgehead atoms. The van der Waals surface area contributed by atoms with Gasteiger partial charge in [-0.15, -0.1) is 0 Å². The van der Waals surface area contributed by atoms with E-state index in [0.29, 0.717) is 27.0 Å². The van der Waals surface area contributed by atoms with Gasteiger partial charge in [-0.2, -0.15) is 0 Å². The average molecular weight is 568 g/mol. The van der Waals surface area contributed by atoms with Gasteiger partial charge in [0, 0.05) is 5.69 Å². The molecule has 4 rings (SSSR count). The third-order valence-corrected chi connectivity index (χ3v) is 6.65. The molecule has 39 heavy (non-hydrogen) atoms. The second-order valence-corrected chi connectivity index (χ2v) is 9.42. The number of anilines is 2. The van der Waals surface area contributed by atoms with Crippen LogP contribution < -0.4 is 25.0 Å². The molecule has 1 saturated heterocycles. The summed E-state index contributed by atoms with van der Waals surface area (Å²) in [4.78, 5) is 51.5. The van der Waals surface area contributed by atoms with E-state index < -0.39 is 23.8 Å². The van der Waals surface area contributed by atoms with E-state index in [9.17, 15) is 19.2 Å². The van der Waals surface area contributed by atoms with E-state index in [1.807, 2.05) is 13.8 Å². The molecule has 0 aromatic heterocycles. The Bertz CT molecular complexity index is 1540. The topological polar surface area (TPSA) is 114 Å². The monoisotopic (exact) mass is 567 g/mol. The van der Waals surface area contributed by atoms with Gasteiger partial charge in [0.15, 0.2) is 18.1 Å². The number of aryl methyl sites for hydroxylation is 2. The quantitative estimate of drug-likeness (QED) is 0.295. The van der Waals surface area contributed by atoms with Crippen molar-refractivity contribution in [2.24, 2.45) is 0 Å². The third-order valence-electron chi connectivity index (χ3n) is 5.91. The fourth-order valence-electron chi connectivity index (χ4n) is 3.73. The standard InChI is InChI=1S/C28H23Cl2N3O6/c1-15-4-7-19(10-16(15)2)33-27(36)20(26(35)32-28(33)37)11-17-5-9-23(24(12-17)38-3)39-14-25(34)31-18-6-8-21(29)22(30)13-18/h4-13H,14H2,1-3H3,(H,31,34)(H,32,35,37)/b20-11-. The zero-order valence-corrected chi connectivity index (χ0v) is 22.6. The van der Waals surface area contributed by atoms with E-state index in [0.717, 1.165) is 16.0 Å². The third kappa shape index (κ3) is 6.22. The molecule has 0 radical (unpaired) electrons. The van der Waals surface area contributed by atoms with Crippen molar-refractivity contribution in [3.05, 3.63) is 86.9 Å². The molecular formula is C28H23Cl2N3O6. The summed E-state index contributed by atoms with van der Waals surface area (Å²) in [6, 6.07) is 13.6. The molecule has 3 aromatic carbocycles. The minimum atomic E-state index is -0.828. The minimum Gasteiger partial charge on any atom is -0.493 e. The Labute approximate surface area is 234 Å². The number of imide groups is 2. The highest BCUT2D eigenvalue weighted by atomic mass is 35.5. The molecule has 1 aliphatic heterocycles. The van der Waals surface area contributed by atoms with Gasteiger partial charge in [0.25, 0.3) is 17.7 Å². The number of nitrogens with one attached hydrogen (secondary N) is 2. The molecular weight excluding hydrogens is 545 g/mol. The van der Waals surface area contributed by atoms with Crippen molar-refractivity contribution in [3.63, 3.8) is 0 Å². The molecule has 3 aromatic rings. The van der Waals surface area contributed by atoms with Crippen LogP contribution in [0.2, 0.25) is 10.0 Å². The number of hydrogen-bond donors (Lipinski definition) is 2. The number of carbonyl (C=O) groups excluding carboxylic acids is 4. The van der Waals surface area contributed by atoms with Crippen LogP contribution in [0.5, 0.6) is 11.5 Å². The van der Waals surface area contributed by atoms with E-state index in [4.69, 9.17) is 32.7 Å². The summed E-state index contributed by atoms with van der Waals surface area (Å²) in [7, 11) is 1.41. The normalized spacial score (nSPS) is 14.3. The molecule has 0 spiro atoms. The Morgan fingerprint density at radius 2 is 1.72 bits per heavy atom. The van der Waals surface area contributed by atoms with Crippen LogP contribution in [0.15, 0.2) is 60.2 Å². The Kier molecular flexibility index (Phi) is 8.23. The number of nitrogens with zero attached hydrogens (tertiary/aromatic N) is 1. The molecule has 0 aliphatic carbocycles. The summed E-state index contributed by atoms with van der Waals surface area (Å²) < 4.78 is 11.0. The molecule has 1 heterocycles. The van der Waals surface area contributed by atoms with Crippen LogP contribution in [0.3, 0.4) is 0 Å². The maximum absolute atomic E-state index is 13.2. The summed E-state index contributed by atoms with van der Waals surface area (Å²) in [5.41, 5.74) is 2.89. The molecule has 1 fully saturated rings. The summed E-state index contributed by atoms with van der Waals surface area (Å²) in [5.74, 6) is -1.50. The second kappa shape index (κ2) is 11.6. The van der Waals surface area contributed by atoms with Gasteiger partial charge in [0.05, 0.1) is 22.8 Å². The fourth-order valence-corrected chi connectivity index (χ4v) is 4.03. The second-order valence-electron chi connectivity index (χ2n) is 8.60. The molecule has 0 atom stereocenters. The Morgan fingerprint density at radius 3 is 2.41 bits per heavy atom. The summed E-state index contributed by atoms with van der Waals surface area (Å²) in [6.07, 6.45) is 1.35. The highest BCUT2D eigenvalue weighted by molar-refractivity contribution is 6.42. The largest absolute Gasteiger partial charge is 0.493 e. The number of urea groups is 1. The number of barbiturate groups is 1. The molecule has 0 saturated carbocycles. The molecule has 0 unspecified atom stereocenters. The van der Waals surface area contributed by atoms with Crippen molar-refractivity contribution < 1.29 is 28.7 Å². The number of carbonyl (C=O) groups is 4. The van der Waals surface area contributed by atoms with Gasteiger partial charge >= 0.3 is 6.03 Å². The van der Waals surface area contributed by atoms with E-state index in [2.05, 4.69) is 10.6 Å². The van der Waals surface area contributed by atoms with Crippen LogP contribution in [0.4, 0.5) is 16.2 Å². The van der Waals surface area contributed by atoms with Gasteiger partial charge in [0.1, 0.15) is 5.57 Å². The zero-order valence-electron chi connectivity index (χ0n) is 21.1. The first-order valence-corrected chi connectivity index (χ1v) is 12.4. The van der Waals surface area contributed by atoms with Crippen molar-refractivity contribution in [2.75, 3.05) is 23.9 Å². The molecule has 11 heteroatoms. The van der Waals surface area contributed by atoms with Crippen molar-refractivity contribution in [1.29, 1.82) is 0 Å². The lowest BCUT2D eigenvalue weighted by Gasteiger charge is -2.26. The first kappa shape index (κ1) is 27.7. The van der Waals surface area contributed by atoms with Crippen LogP contribution in [0.1, 0.15) is 16.7 Å². The van der Waals surface area contributed by atoms with Crippen LogP contribution in [0.25, 0.3) is 6.08 Å². The van der Waals surface area contributed by atoms with Crippen LogP contribution in [-0.4, -0.2) is 37.5 Å². The fraction of sp³-hybridized carbons (Fsp3) is 0.143. The minimum absolute atomic E-state index is 0.232. The van der Waals surface area contributed by atoms with E-state index in [1.165, 1.54) is 31.4 Å². The zero-order chi connectivity index (χ0) is 28.3. The van der Waals surface area contributed by atoms with Crippen molar-refractivity contribution in [2.45, 2.75) is 13.8 Å².